The van der Waals surface area contributed by atoms with E-state index in [4.69, 9.17) is 9.72 Å². The van der Waals surface area contributed by atoms with Crippen LogP contribution >= 0.6 is 11.3 Å². The summed E-state index contributed by atoms with van der Waals surface area (Å²) in [6, 6.07) is 6.10. The number of rotatable bonds is 9. The molecule has 1 saturated heterocycles. The quantitative estimate of drug-likeness (QED) is 0.450. The minimum absolute atomic E-state index is 0.0135. The van der Waals surface area contributed by atoms with Crippen LogP contribution in [0.2, 0.25) is 0 Å². The zero-order valence-corrected chi connectivity index (χ0v) is 20.0. The summed E-state index contributed by atoms with van der Waals surface area (Å²) in [6.45, 7) is 8.51. The van der Waals surface area contributed by atoms with E-state index in [1.165, 1.54) is 0 Å². The Morgan fingerprint density at radius 2 is 2.22 bits per heavy atom. The van der Waals surface area contributed by atoms with E-state index in [1.54, 1.807) is 11.3 Å². The molecule has 3 aromatic heterocycles. The lowest BCUT2D eigenvalue weighted by molar-refractivity contribution is 0.0941. The van der Waals surface area contributed by atoms with Crippen molar-refractivity contribution in [1.29, 1.82) is 0 Å². The minimum atomic E-state index is -0.0135. The molecule has 4 rings (SSSR count). The first kappa shape index (κ1) is 22.7. The van der Waals surface area contributed by atoms with Crippen molar-refractivity contribution in [2.24, 2.45) is 0 Å². The summed E-state index contributed by atoms with van der Waals surface area (Å²) in [4.78, 5) is 22.2. The summed E-state index contributed by atoms with van der Waals surface area (Å²) in [5, 5.41) is 6.11. The molecule has 32 heavy (non-hydrogen) atoms. The number of aromatic nitrogens is 3. The number of pyridine rings is 1. The molecule has 1 atom stereocenters. The molecule has 1 amide bonds. The third-order valence-electron chi connectivity index (χ3n) is 6.03. The van der Waals surface area contributed by atoms with Crippen molar-refractivity contribution in [1.82, 2.24) is 19.9 Å². The highest BCUT2D eigenvalue weighted by Crippen LogP contribution is 2.32. The summed E-state index contributed by atoms with van der Waals surface area (Å²) < 4.78 is 8.12. The Morgan fingerprint density at radius 1 is 1.34 bits per heavy atom. The van der Waals surface area contributed by atoms with Crippen LogP contribution in [0.4, 0.5) is 0 Å². The first-order valence-electron chi connectivity index (χ1n) is 11.6. The van der Waals surface area contributed by atoms with Gasteiger partial charge in [0.2, 0.25) is 0 Å². The molecule has 1 unspecified atom stereocenters. The van der Waals surface area contributed by atoms with Gasteiger partial charge in [-0.15, -0.1) is 11.3 Å². The fraction of sp³-hybridized carbons (Fsp3) is 0.480. The number of carbonyl (C=O) groups excluding carboxylic acids is 1. The van der Waals surface area contributed by atoms with E-state index in [-0.39, 0.29) is 12.0 Å². The topological polar surface area (TPSA) is 69.0 Å². The molecular formula is C25H32N4O2S. The van der Waals surface area contributed by atoms with Crippen LogP contribution in [0, 0.1) is 6.92 Å². The van der Waals surface area contributed by atoms with E-state index in [9.17, 15) is 4.79 Å². The van der Waals surface area contributed by atoms with Crippen LogP contribution in [0.25, 0.3) is 22.0 Å². The van der Waals surface area contributed by atoms with Gasteiger partial charge in [-0.2, -0.15) is 0 Å². The second kappa shape index (κ2) is 10.4. The molecule has 7 heteroatoms. The molecule has 0 saturated carbocycles. The van der Waals surface area contributed by atoms with Crippen molar-refractivity contribution >= 4 is 17.2 Å². The highest BCUT2D eigenvalue weighted by Gasteiger charge is 2.24. The Morgan fingerprint density at radius 3 is 2.97 bits per heavy atom. The second-order valence-electron chi connectivity index (χ2n) is 8.31. The lowest BCUT2D eigenvalue weighted by Crippen LogP contribution is -2.25. The van der Waals surface area contributed by atoms with Crippen LogP contribution in [0.5, 0.6) is 0 Å². The number of unbranched alkanes of at least 4 members (excludes halogenated alkanes) is 1. The van der Waals surface area contributed by atoms with Gasteiger partial charge in [0.1, 0.15) is 5.01 Å². The van der Waals surface area contributed by atoms with Crippen LogP contribution in [0.15, 0.2) is 29.8 Å². The number of thiazole rings is 1. The third kappa shape index (κ3) is 4.94. The summed E-state index contributed by atoms with van der Waals surface area (Å²) >= 11 is 1.62. The smallest absolute Gasteiger partial charge is 0.253 e. The van der Waals surface area contributed by atoms with Crippen LogP contribution < -0.4 is 5.32 Å². The van der Waals surface area contributed by atoms with E-state index in [1.807, 2.05) is 25.3 Å². The maximum atomic E-state index is 12.9. The summed E-state index contributed by atoms with van der Waals surface area (Å²) in [5.74, 6) is -0.0135. The van der Waals surface area contributed by atoms with Crippen molar-refractivity contribution in [3.05, 3.63) is 46.7 Å². The van der Waals surface area contributed by atoms with Crippen LogP contribution in [-0.2, 0) is 17.7 Å². The van der Waals surface area contributed by atoms with Gasteiger partial charge in [-0.3, -0.25) is 9.78 Å². The Hall–Kier alpha value is -2.51. The zero-order chi connectivity index (χ0) is 22.5. The SMILES string of the molecule is CCCCNC(=O)c1cc(-c2csc(-c3ccnc(CC)c3)n2)n(CC2CCCO2)c1C. The number of nitrogens with one attached hydrogen (secondary N) is 1. The van der Waals surface area contributed by atoms with Gasteiger partial charge in [0.05, 0.1) is 23.1 Å². The summed E-state index contributed by atoms with van der Waals surface area (Å²) in [6.07, 6.45) is 7.10. The average molecular weight is 453 g/mol. The number of amides is 1. The lowest BCUT2D eigenvalue weighted by Gasteiger charge is -2.15. The molecule has 1 N–H and O–H groups in total. The van der Waals surface area contributed by atoms with Gasteiger partial charge in [-0.25, -0.2) is 4.98 Å². The maximum Gasteiger partial charge on any atom is 0.253 e. The molecule has 1 aliphatic rings. The Labute approximate surface area is 194 Å². The Kier molecular flexibility index (Phi) is 7.37. The van der Waals surface area contributed by atoms with Gasteiger partial charge >= 0.3 is 0 Å². The number of hydrogen-bond acceptors (Lipinski definition) is 5. The normalized spacial score (nSPS) is 15.9. The summed E-state index contributed by atoms with van der Waals surface area (Å²) in [5.41, 5.74) is 5.71. The van der Waals surface area contributed by atoms with Gasteiger partial charge in [0.25, 0.3) is 5.91 Å². The molecule has 1 aliphatic heterocycles. The van der Waals surface area contributed by atoms with E-state index in [0.29, 0.717) is 6.54 Å². The zero-order valence-electron chi connectivity index (χ0n) is 19.2. The molecule has 170 valence electrons. The fourth-order valence-corrected chi connectivity index (χ4v) is 4.93. The van der Waals surface area contributed by atoms with E-state index in [0.717, 1.165) is 84.2 Å². The number of ether oxygens (including phenoxy) is 1. The predicted molar refractivity (Wildman–Crippen MR) is 129 cm³/mol. The lowest BCUT2D eigenvalue weighted by atomic mass is 10.2. The maximum absolute atomic E-state index is 12.9. The van der Waals surface area contributed by atoms with Gasteiger partial charge in [0.15, 0.2) is 0 Å². The van der Waals surface area contributed by atoms with Crippen molar-refractivity contribution in [3.8, 4) is 22.0 Å². The molecule has 1 fully saturated rings. The van der Waals surface area contributed by atoms with Crippen LogP contribution in [0.3, 0.4) is 0 Å². The van der Waals surface area contributed by atoms with Gasteiger partial charge < -0.3 is 14.6 Å². The standard InChI is InChI=1S/C25H32N4O2S/c1-4-6-10-27-24(30)21-14-23(29(17(21)3)15-20-8-7-12-31-20)22-16-32-25(28-22)18-9-11-26-19(5-2)13-18/h9,11,13-14,16,20H,4-8,10,12,15H2,1-3H3,(H,27,30). The van der Waals surface area contributed by atoms with Gasteiger partial charge in [0, 0.05) is 48.2 Å². The number of nitrogens with zero attached hydrogens (tertiary/aromatic N) is 3. The molecule has 6 nitrogen and oxygen atoms in total. The van der Waals surface area contributed by atoms with Crippen molar-refractivity contribution < 1.29 is 9.53 Å². The van der Waals surface area contributed by atoms with Gasteiger partial charge in [-0.05, 0) is 50.8 Å². The first-order chi connectivity index (χ1) is 15.6. The highest BCUT2D eigenvalue weighted by molar-refractivity contribution is 7.13. The fourth-order valence-electron chi connectivity index (χ4n) is 4.12. The third-order valence-corrected chi connectivity index (χ3v) is 6.92. The van der Waals surface area contributed by atoms with Crippen LogP contribution in [0.1, 0.15) is 61.3 Å². The van der Waals surface area contributed by atoms with Crippen molar-refractivity contribution in [3.63, 3.8) is 0 Å². The van der Waals surface area contributed by atoms with Gasteiger partial charge in [-0.1, -0.05) is 20.3 Å². The summed E-state index contributed by atoms with van der Waals surface area (Å²) in [7, 11) is 0. The Balaban J connectivity index is 1.67. The molecule has 0 bridgehead atoms. The highest BCUT2D eigenvalue weighted by atomic mass is 32.1. The van der Waals surface area contributed by atoms with E-state index in [2.05, 4.69) is 40.2 Å². The predicted octanol–water partition coefficient (Wildman–Crippen LogP) is 5.25. The van der Waals surface area contributed by atoms with Crippen LogP contribution in [-0.4, -0.2) is 39.7 Å². The van der Waals surface area contributed by atoms with E-state index < -0.39 is 0 Å². The largest absolute Gasteiger partial charge is 0.376 e. The average Bonchev–Trinajstić information content (AvgIpc) is 3.56. The molecule has 0 radical (unpaired) electrons. The molecule has 3 aromatic rings. The van der Waals surface area contributed by atoms with E-state index >= 15 is 0 Å². The molecule has 0 aliphatic carbocycles. The molecule has 4 heterocycles. The number of hydrogen-bond donors (Lipinski definition) is 1. The van der Waals surface area contributed by atoms with Crippen molar-refractivity contribution in [2.75, 3.05) is 13.2 Å². The second-order valence-corrected chi connectivity index (χ2v) is 9.17. The van der Waals surface area contributed by atoms with Crippen molar-refractivity contribution in [2.45, 2.75) is 65.5 Å². The number of carbonyl (C=O) groups is 1. The minimum Gasteiger partial charge on any atom is -0.376 e. The first-order valence-corrected chi connectivity index (χ1v) is 12.5. The number of aryl methyl sites for hydroxylation is 1. The molecular weight excluding hydrogens is 420 g/mol. The molecule has 0 aromatic carbocycles. The monoisotopic (exact) mass is 452 g/mol. The molecule has 0 spiro atoms. The Bertz CT molecular complexity index is 1070.